The Balaban J connectivity index is 1.76. The summed E-state index contributed by atoms with van der Waals surface area (Å²) in [6.07, 6.45) is 5.11. The van der Waals surface area contributed by atoms with Gasteiger partial charge in [-0.15, -0.1) is 0 Å². The van der Waals surface area contributed by atoms with Crippen LogP contribution in [0.4, 0.5) is 5.95 Å². The largest absolute Gasteiger partial charge is 0.353 e. The second-order valence-corrected chi connectivity index (χ2v) is 6.50. The van der Waals surface area contributed by atoms with Gasteiger partial charge >= 0.3 is 0 Å². The Hall–Kier alpha value is -1.78. The van der Waals surface area contributed by atoms with Crippen LogP contribution in [0, 0.1) is 0 Å². The van der Waals surface area contributed by atoms with E-state index in [0.29, 0.717) is 18.9 Å². The number of hydrogen-bond donors (Lipinski definition) is 4. The molecule has 0 bridgehead atoms. The molecule has 0 spiro atoms. The maximum atomic E-state index is 11.9. The highest BCUT2D eigenvalue weighted by Crippen LogP contribution is 2.18. The van der Waals surface area contributed by atoms with Crippen molar-refractivity contribution in [3.8, 4) is 0 Å². The Morgan fingerprint density at radius 1 is 1.33 bits per heavy atom. The molecule has 21 heavy (non-hydrogen) atoms. The van der Waals surface area contributed by atoms with Gasteiger partial charge in [0.1, 0.15) is 4.90 Å². The van der Waals surface area contributed by atoms with E-state index in [-0.39, 0.29) is 23.3 Å². The van der Waals surface area contributed by atoms with Gasteiger partial charge in [-0.25, -0.2) is 29.0 Å². The third-order valence-corrected chi connectivity index (χ3v) is 4.30. The zero-order chi connectivity index (χ0) is 15.3. The molecule has 0 aromatic carbocycles. The Morgan fingerprint density at radius 3 is 2.57 bits per heavy atom. The lowest BCUT2D eigenvalue weighted by molar-refractivity contribution is -0.121. The van der Waals surface area contributed by atoms with E-state index in [1.54, 1.807) is 0 Å². The summed E-state index contributed by atoms with van der Waals surface area (Å²) in [5, 5.41) is 2.84. The Labute approximate surface area is 122 Å². The highest BCUT2D eigenvalue weighted by atomic mass is 32.2. The van der Waals surface area contributed by atoms with Crippen molar-refractivity contribution in [2.75, 3.05) is 12.0 Å². The van der Waals surface area contributed by atoms with E-state index in [1.165, 1.54) is 0 Å². The van der Waals surface area contributed by atoms with Gasteiger partial charge in [-0.1, -0.05) is 0 Å². The summed E-state index contributed by atoms with van der Waals surface area (Å²) in [7, 11) is -3.67. The number of nitrogens with zero attached hydrogens (tertiary/aromatic N) is 2. The predicted molar refractivity (Wildman–Crippen MR) is 75.4 cm³/mol. The fourth-order valence-corrected chi connectivity index (χ4v) is 2.56. The molecule has 1 saturated carbocycles. The normalized spacial score (nSPS) is 14.7. The molecule has 0 radical (unpaired) electrons. The van der Waals surface area contributed by atoms with E-state index < -0.39 is 10.0 Å². The first-order valence-electron chi connectivity index (χ1n) is 6.59. The first-order chi connectivity index (χ1) is 10.0. The number of aromatic nitrogens is 2. The van der Waals surface area contributed by atoms with Crippen LogP contribution in [0.1, 0.15) is 25.7 Å². The summed E-state index contributed by atoms with van der Waals surface area (Å²) in [5.41, 5.74) is 2.21. The maximum Gasteiger partial charge on any atom is 0.243 e. The summed E-state index contributed by atoms with van der Waals surface area (Å²) in [4.78, 5) is 18.8. The van der Waals surface area contributed by atoms with Gasteiger partial charge in [-0.3, -0.25) is 10.2 Å². The molecule has 116 valence electrons. The van der Waals surface area contributed by atoms with Crippen molar-refractivity contribution in [1.29, 1.82) is 0 Å². The monoisotopic (exact) mass is 314 g/mol. The number of carbonyl (C=O) groups excluding carboxylic acids is 1. The molecule has 1 fully saturated rings. The SMILES string of the molecule is NNc1ncc(S(=O)(=O)NCCCC(=O)NC2CC2)cn1. The standard InChI is InChI=1S/C11H18N6O3S/c12-17-11-13-6-9(7-14-11)21(19,20)15-5-1-2-10(18)16-8-3-4-8/h6-8,15H,1-5,12H2,(H,16,18)(H,13,14,17). The van der Waals surface area contributed by atoms with Crippen molar-refractivity contribution in [2.45, 2.75) is 36.6 Å². The first kappa shape index (κ1) is 15.6. The Bertz CT molecular complexity index is 584. The van der Waals surface area contributed by atoms with Gasteiger partial charge < -0.3 is 5.32 Å². The highest BCUT2D eigenvalue weighted by molar-refractivity contribution is 7.89. The minimum atomic E-state index is -3.67. The number of nitrogens with two attached hydrogens (primary N) is 1. The fraction of sp³-hybridized carbons (Fsp3) is 0.545. The van der Waals surface area contributed by atoms with Gasteiger partial charge in [0, 0.05) is 19.0 Å². The molecule has 0 unspecified atom stereocenters. The van der Waals surface area contributed by atoms with Crippen LogP contribution < -0.4 is 21.3 Å². The molecule has 10 heteroatoms. The van der Waals surface area contributed by atoms with Crippen LogP contribution in [0.25, 0.3) is 0 Å². The molecule has 1 aromatic heterocycles. The topological polar surface area (TPSA) is 139 Å². The first-order valence-corrected chi connectivity index (χ1v) is 8.07. The predicted octanol–water partition coefficient (Wildman–Crippen LogP) is -0.901. The van der Waals surface area contributed by atoms with Crippen LogP contribution in [-0.2, 0) is 14.8 Å². The molecule has 2 rings (SSSR count). The van der Waals surface area contributed by atoms with Crippen LogP contribution in [0.2, 0.25) is 0 Å². The van der Waals surface area contributed by atoms with Crippen LogP contribution >= 0.6 is 0 Å². The van der Waals surface area contributed by atoms with E-state index in [4.69, 9.17) is 5.84 Å². The van der Waals surface area contributed by atoms with Crippen LogP contribution in [-0.4, -0.2) is 36.9 Å². The lowest BCUT2D eigenvalue weighted by Gasteiger charge is -2.07. The van der Waals surface area contributed by atoms with Crippen molar-refractivity contribution in [3.63, 3.8) is 0 Å². The summed E-state index contributed by atoms with van der Waals surface area (Å²) in [5.74, 6) is 5.18. The molecular weight excluding hydrogens is 296 g/mol. The van der Waals surface area contributed by atoms with Crippen molar-refractivity contribution >= 4 is 21.9 Å². The number of carbonyl (C=O) groups is 1. The number of hydrogen-bond acceptors (Lipinski definition) is 7. The lowest BCUT2D eigenvalue weighted by atomic mass is 10.3. The second kappa shape index (κ2) is 6.78. The van der Waals surface area contributed by atoms with Gasteiger partial charge in [0.15, 0.2) is 0 Å². The molecule has 1 heterocycles. The number of sulfonamides is 1. The van der Waals surface area contributed by atoms with Gasteiger partial charge in [0.25, 0.3) is 0 Å². The van der Waals surface area contributed by atoms with E-state index in [2.05, 4.69) is 25.4 Å². The average Bonchev–Trinajstić information content (AvgIpc) is 3.27. The highest BCUT2D eigenvalue weighted by Gasteiger charge is 2.22. The average molecular weight is 314 g/mol. The number of amides is 1. The van der Waals surface area contributed by atoms with E-state index >= 15 is 0 Å². The van der Waals surface area contributed by atoms with E-state index in [1.807, 2.05) is 0 Å². The minimum absolute atomic E-state index is 0.0431. The van der Waals surface area contributed by atoms with E-state index in [9.17, 15) is 13.2 Å². The molecule has 0 atom stereocenters. The van der Waals surface area contributed by atoms with Crippen molar-refractivity contribution in [1.82, 2.24) is 20.0 Å². The molecule has 0 saturated heterocycles. The quantitative estimate of drug-likeness (QED) is 0.277. The molecular formula is C11H18N6O3S. The van der Waals surface area contributed by atoms with Crippen LogP contribution in [0.15, 0.2) is 17.3 Å². The maximum absolute atomic E-state index is 11.9. The molecule has 5 N–H and O–H groups in total. The smallest absolute Gasteiger partial charge is 0.243 e. The molecule has 1 aliphatic carbocycles. The number of hydrazine groups is 1. The minimum Gasteiger partial charge on any atom is -0.353 e. The number of nitrogens with one attached hydrogen (secondary N) is 3. The van der Waals surface area contributed by atoms with Crippen LogP contribution in [0.3, 0.4) is 0 Å². The Morgan fingerprint density at radius 2 is 2.00 bits per heavy atom. The fourth-order valence-electron chi connectivity index (χ4n) is 1.60. The van der Waals surface area contributed by atoms with Crippen molar-refractivity contribution in [2.24, 2.45) is 5.84 Å². The summed E-state index contributed by atoms with van der Waals surface area (Å²) in [6.45, 7) is 0.178. The van der Waals surface area contributed by atoms with Gasteiger partial charge in [-0.05, 0) is 19.3 Å². The van der Waals surface area contributed by atoms with Crippen molar-refractivity contribution < 1.29 is 13.2 Å². The van der Waals surface area contributed by atoms with Gasteiger partial charge in [0.05, 0.1) is 12.4 Å². The summed E-state index contributed by atoms with van der Waals surface area (Å²) >= 11 is 0. The van der Waals surface area contributed by atoms with Gasteiger partial charge in [0.2, 0.25) is 21.9 Å². The van der Waals surface area contributed by atoms with Gasteiger partial charge in [-0.2, -0.15) is 0 Å². The molecule has 9 nitrogen and oxygen atoms in total. The van der Waals surface area contributed by atoms with E-state index in [0.717, 1.165) is 25.2 Å². The number of nitrogen functional groups attached to an aromatic ring is 1. The molecule has 1 aliphatic rings. The zero-order valence-corrected chi connectivity index (χ0v) is 12.2. The number of rotatable bonds is 8. The summed E-state index contributed by atoms with van der Waals surface area (Å²) < 4.78 is 26.2. The second-order valence-electron chi connectivity index (χ2n) is 4.73. The Kier molecular flexibility index (Phi) is 5.04. The number of anilines is 1. The molecule has 0 aliphatic heterocycles. The van der Waals surface area contributed by atoms with Crippen LogP contribution in [0.5, 0.6) is 0 Å². The molecule has 1 amide bonds. The summed E-state index contributed by atoms with van der Waals surface area (Å²) in [6, 6.07) is 0.320. The lowest BCUT2D eigenvalue weighted by Crippen LogP contribution is -2.28. The van der Waals surface area contributed by atoms with Crippen molar-refractivity contribution in [3.05, 3.63) is 12.4 Å². The zero-order valence-electron chi connectivity index (χ0n) is 11.4. The molecule has 1 aromatic rings. The third-order valence-electron chi connectivity index (χ3n) is 2.88. The third kappa shape index (κ3) is 4.92.